The summed E-state index contributed by atoms with van der Waals surface area (Å²) < 4.78 is 6.66. The van der Waals surface area contributed by atoms with Gasteiger partial charge in [0.2, 0.25) is 0 Å². The van der Waals surface area contributed by atoms with Gasteiger partial charge in [-0.1, -0.05) is 0 Å². The number of ether oxygens (including phenoxy) is 1. The molecule has 84 valence electrons. The number of rotatable bonds is 1. The lowest BCUT2D eigenvalue weighted by Crippen LogP contribution is -2.35. The molecule has 1 aromatic rings. The zero-order valence-corrected chi connectivity index (χ0v) is 10.9. The van der Waals surface area contributed by atoms with E-state index in [1.807, 2.05) is 18.3 Å². The number of hydrogen-bond donors (Lipinski definition) is 0. The summed E-state index contributed by atoms with van der Waals surface area (Å²) in [5, 5.41) is 0. The van der Waals surface area contributed by atoms with Crippen LogP contribution in [0.15, 0.2) is 22.8 Å². The van der Waals surface area contributed by atoms with Crippen LogP contribution in [0.3, 0.4) is 0 Å². The summed E-state index contributed by atoms with van der Waals surface area (Å²) in [5.74, 6) is 0. The zero-order valence-electron chi connectivity index (χ0n) is 8.52. The van der Waals surface area contributed by atoms with Gasteiger partial charge in [-0.25, -0.2) is 0 Å². The molecule has 0 aromatic carbocycles. The summed E-state index contributed by atoms with van der Waals surface area (Å²) in [5.41, 5.74) is 1.01. The Morgan fingerprint density at radius 3 is 2.93 bits per heavy atom. The van der Waals surface area contributed by atoms with E-state index in [1.165, 1.54) is 0 Å². The van der Waals surface area contributed by atoms with Crippen LogP contribution < -0.4 is 0 Å². The third-order valence-corrected chi connectivity index (χ3v) is 2.82. The number of aromatic nitrogens is 1. The Kier molecular flexibility index (Phi) is 4.99. The Morgan fingerprint density at radius 1 is 1.53 bits per heavy atom. The van der Waals surface area contributed by atoms with Gasteiger partial charge in [-0.3, -0.25) is 4.98 Å². The molecule has 0 N–H and O–H groups in total. The second-order valence-electron chi connectivity index (χ2n) is 3.52. The van der Waals surface area contributed by atoms with Crippen LogP contribution in [0.5, 0.6) is 0 Å². The SMILES string of the molecule is CN1CCOC(c2ccc(Br)cn2)C1.Cl. The largest absolute Gasteiger partial charge is 0.369 e. The summed E-state index contributed by atoms with van der Waals surface area (Å²) in [6.45, 7) is 2.72. The van der Waals surface area contributed by atoms with E-state index in [4.69, 9.17) is 4.74 Å². The standard InChI is InChI=1S/C10H13BrN2O.ClH/c1-13-4-5-14-10(7-13)9-3-2-8(11)6-12-9;/h2-3,6,10H,4-5,7H2,1H3;1H. The molecule has 1 aliphatic heterocycles. The van der Waals surface area contributed by atoms with Crippen LogP contribution in [0.1, 0.15) is 11.8 Å². The molecule has 1 atom stereocenters. The Balaban J connectivity index is 0.00000112. The van der Waals surface area contributed by atoms with E-state index in [-0.39, 0.29) is 18.5 Å². The molecule has 0 aliphatic carbocycles. The zero-order chi connectivity index (χ0) is 9.97. The summed E-state index contributed by atoms with van der Waals surface area (Å²) in [4.78, 5) is 6.60. The molecule has 3 nitrogen and oxygen atoms in total. The average Bonchev–Trinajstić information content (AvgIpc) is 2.19. The summed E-state index contributed by atoms with van der Waals surface area (Å²) >= 11 is 3.37. The molecule has 15 heavy (non-hydrogen) atoms. The fraction of sp³-hybridized carbons (Fsp3) is 0.500. The third kappa shape index (κ3) is 3.41. The second-order valence-corrected chi connectivity index (χ2v) is 4.44. The minimum Gasteiger partial charge on any atom is -0.369 e. The van der Waals surface area contributed by atoms with Crippen LogP contribution in [0, 0.1) is 0 Å². The van der Waals surface area contributed by atoms with Gasteiger partial charge >= 0.3 is 0 Å². The van der Waals surface area contributed by atoms with Gasteiger partial charge in [0, 0.05) is 23.8 Å². The lowest BCUT2D eigenvalue weighted by atomic mass is 10.2. The highest BCUT2D eigenvalue weighted by Gasteiger charge is 2.20. The predicted molar refractivity (Wildman–Crippen MR) is 65.4 cm³/mol. The molecule has 2 heterocycles. The molecule has 0 amide bonds. The number of morpholine rings is 1. The topological polar surface area (TPSA) is 25.4 Å². The van der Waals surface area contributed by atoms with Crippen LogP contribution in [-0.2, 0) is 4.74 Å². The minimum absolute atomic E-state index is 0. The van der Waals surface area contributed by atoms with Gasteiger partial charge in [-0.05, 0) is 35.1 Å². The Morgan fingerprint density at radius 2 is 2.33 bits per heavy atom. The van der Waals surface area contributed by atoms with Gasteiger partial charge < -0.3 is 9.64 Å². The highest BCUT2D eigenvalue weighted by atomic mass is 79.9. The Bertz CT molecular complexity index is 307. The fourth-order valence-corrected chi connectivity index (χ4v) is 1.77. The Labute approximate surface area is 104 Å². The van der Waals surface area contributed by atoms with Crippen LogP contribution in [0.25, 0.3) is 0 Å². The smallest absolute Gasteiger partial charge is 0.112 e. The highest BCUT2D eigenvalue weighted by molar-refractivity contribution is 9.10. The van der Waals surface area contributed by atoms with E-state index < -0.39 is 0 Å². The van der Waals surface area contributed by atoms with Gasteiger partial charge in [0.1, 0.15) is 6.10 Å². The fourth-order valence-electron chi connectivity index (χ4n) is 1.53. The van der Waals surface area contributed by atoms with Crippen molar-refractivity contribution in [3.05, 3.63) is 28.5 Å². The van der Waals surface area contributed by atoms with E-state index in [9.17, 15) is 0 Å². The number of halogens is 2. The van der Waals surface area contributed by atoms with Crippen molar-refractivity contribution in [2.45, 2.75) is 6.10 Å². The molecule has 1 aliphatic rings. The first-order chi connectivity index (χ1) is 6.75. The molecular formula is C10H14BrClN2O. The molecule has 1 aromatic heterocycles. The van der Waals surface area contributed by atoms with E-state index in [2.05, 4.69) is 32.9 Å². The van der Waals surface area contributed by atoms with Crippen LogP contribution in [-0.4, -0.2) is 36.6 Å². The van der Waals surface area contributed by atoms with Crippen molar-refractivity contribution >= 4 is 28.3 Å². The van der Waals surface area contributed by atoms with Crippen LogP contribution in [0.4, 0.5) is 0 Å². The van der Waals surface area contributed by atoms with Gasteiger partial charge in [-0.15, -0.1) is 12.4 Å². The summed E-state index contributed by atoms with van der Waals surface area (Å²) in [6.07, 6.45) is 1.94. The molecule has 1 fully saturated rings. The first kappa shape index (κ1) is 12.9. The van der Waals surface area contributed by atoms with Gasteiger partial charge in [0.15, 0.2) is 0 Å². The lowest BCUT2D eigenvalue weighted by Gasteiger charge is -2.29. The number of nitrogens with zero attached hydrogens (tertiary/aromatic N) is 2. The van der Waals surface area contributed by atoms with Crippen LogP contribution >= 0.6 is 28.3 Å². The minimum atomic E-state index is 0. The predicted octanol–water partition coefficient (Wildman–Crippen LogP) is 2.27. The van der Waals surface area contributed by atoms with E-state index in [0.717, 1.165) is 29.9 Å². The quantitative estimate of drug-likeness (QED) is 0.794. The monoisotopic (exact) mass is 292 g/mol. The molecule has 0 bridgehead atoms. The van der Waals surface area contributed by atoms with Crippen molar-refractivity contribution in [2.24, 2.45) is 0 Å². The van der Waals surface area contributed by atoms with E-state index in [1.54, 1.807) is 0 Å². The summed E-state index contributed by atoms with van der Waals surface area (Å²) in [6, 6.07) is 4.01. The van der Waals surface area contributed by atoms with Crippen molar-refractivity contribution in [1.82, 2.24) is 9.88 Å². The normalized spacial score (nSPS) is 22.1. The maximum absolute atomic E-state index is 5.65. The van der Waals surface area contributed by atoms with Crippen molar-refractivity contribution in [2.75, 3.05) is 26.7 Å². The maximum Gasteiger partial charge on any atom is 0.112 e. The molecule has 1 unspecified atom stereocenters. The maximum atomic E-state index is 5.65. The molecular weight excluding hydrogens is 279 g/mol. The van der Waals surface area contributed by atoms with Crippen molar-refractivity contribution in [3.63, 3.8) is 0 Å². The van der Waals surface area contributed by atoms with Crippen molar-refractivity contribution < 1.29 is 4.74 Å². The first-order valence-electron chi connectivity index (χ1n) is 4.67. The lowest BCUT2D eigenvalue weighted by molar-refractivity contribution is -0.0231. The van der Waals surface area contributed by atoms with Crippen molar-refractivity contribution in [1.29, 1.82) is 0 Å². The molecule has 0 radical (unpaired) electrons. The molecule has 0 spiro atoms. The number of likely N-dealkylation sites (N-methyl/N-ethyl adjacent to an activating group) is 1. The molecule has 5 heteroatoms. The molecule has 1 saturated heterocycles. The van der Waals surface area contributed by atoms with Gasteiger partial charge in [0.05, 0.1) is 12.3 Å². The second kappa shape index (κ2) is 5.80. The first-order valence-corrected chi connectivity index (χ1v) is 5.46. The van der Waals surface area contributed by atoms with Gasteiger partial charge in [0.25, 0.3) is 0 Å². The Hall–Kier alpha value is -0.160. The summed E-state index contributed by atoms with van der Waals surface area (Å²) in [7, 11) is 2.11. The van der Waals surface area contributed by atoms with E-state index >= 15 is 0 Å². The average molecular weight is 294 g/mol. The van der Waals surface area contributed by atoms with Crippen molar-refractivity contribution in [3.8, 4) is 0 Å². The number of hydrogen-bond acceptors (Lipinski definition) is 3. The third-order valence-electron chi connectivity index (χ3n) is 2.35. The van der Waals surface area contributed by atoms with Crippen LogP contribution in [0.2, 0.25) is 0 Å². The molecule has 2 rings (SSSR count). The number of pyridine rings is 1. The van der Waals surface area contributed by atoms with E-state index in [0.29, 0.717) is 0 Å². The highest BCUT2D eigenvalue weighted by Crippen LogP contribution is 2.20. The van der Waals surface area contributed by atoms with Gasteiger partial charge in [-0.2, -0.15) is 0 Å². The molecule has 0 saturated carbocycles.